The first kappa shape index (κ1) is 8.10. The number of carbonyl (C=O) groups is 1. The molecule has 0 N–H and O–H groups in total. The van der Waals surface area contributed by atoms with Crippen LogP contribution in [0.15, 0.2) is 18.6 Å². The van der Waals surface area contributed by atoms with Gasteiger partial charge in [0.2, 0.25) is 0 Å². The van der Waals surface area contributed by atoms with Crippen molar-refractivity contribution in [2.24, 2.45) is 0 Å². The van der Waals surface area contributed by atoms with Crippen molar-refractivity contribution in [3.05, 3.63) is 24.3 Å². The van der Waals surface area contributed by atoms with E-state index in [4.69, 9.17) is 0 Å². The molecule has 1 aliphatic rings. The highest BCUT2D eigenvalue weighted by Crippen LogP contribution is 2.13. The van der Waals surface area contributed by atoms with Crippen LogP contribution in [0.4, 0.5) is 4.39 Å². The molecule has 1 aromatic rings. The van der Waals surface area contributed by atoms with Gasteiger partial charge in [-0.1, -0.05) is 0 Å². The van der Waals surface area contributed by atoms with Gasteiger partial charge >= 0.3 is 0 Å². The van der Waals surface area contributed by atoms with E-state index in [1.165, 1.54) is 23.5 Å². The Morgan fingerprint density at radius 1 is 1.54 bits per heavy atom. The summed E-state index contributed by atoms with van der Waals surface area (Å²) in [4.78, 5) is 20.4. The van der Waals surface area contributed by atoms with E-state index >= 15 is 0 Å². The SMILES string of the molecule is O=C(c1cnccn1)N1CC(F)C1. The number of alkyl halides is 1. The predicted octanol–water partition coefficient (Wildman–Crippen LogP) is 0.270. The zero-order valence-corrected chi connectivity index (χ0v) is 6.85. The average molecular weight is 181 g/mol. The van der Waals surface area contributed by atoms with Gasteiger partial charge in [-0.05, 0) is 0 Å². The number of halogens is 1. The number of rotatable bonds is 1. The van der Waals surface area contributed by atoms with Gasteiger partial charge in [0.05, 0.1) is 19.3 Å². The molecule has 1 amide bonds. The molecule has 1 saturated heterocycles. The molecule has 1 fully saturated rings. The Bertz CT molecular complexity index is 310. The number of hydrogen-bond donors (Lipinski definition) is 0. The van der Waals surface area contributed by atoms with Crippen LogP contribution < -0.4 is 0 Å². The van der Waals surface area contributed by atoms with Crippen LogP contribution in [-0.4, -0.2) is 40.0 Å². The summed E-state index contributed by atoms with van der Waals surface area (Å²) in [5.74, 6) is -0.248. The van der Waals surface area contributed by atoms with Crippen LogP contribution >= 0.6 is 0 Å². The topological polar surface area (TPSA) is 46.1 Å². The number of amides is 1. The van der Waals surface area contributed by atoms with E-state index in [2.05, 4.69) is 9.97 Å². The lowest BCUT2D eigenvalue weighted by Crippen LogP contribution is -2.51. The summed E-state index contributed by atoms with van der Waals surface area (Å²) in [7, 11) is 0. The summed E-state index contributed by atoms with van der Waals surface area (Å²) in [5.41, 5.74) is 0.273. The van der Waals surface area contributed by atoms with Crippen molar-refractivity contribution in [1.82, 2.24) is 14.9 Å². The molecular weight excluding hydrogens is 173 g/mol. The molecular formula is C8H8FN3O. The van der Waals surface area contributed by atoms with Gasteiger partial charge in [0, 0.05) is 12.4 Å². The molecule has 1 aliphatic heterocycles. The zero-order chi connectivity index (χ0) is 9.26. The van der Waals surface area contributed by atoms with Gasteiger partial charge in [-0.3, -0.25) is 9.78 Å². The molecule has 2 rings (SSSR count). The Kier molecular flexibility index (Phi) is 1.92. The monoisotopic (exact) mass is 181 g/mol. The van der Waals surface area contributed by atoms with Crippen LogP contribution in [0, 0.1) is 0 Å². The molecule has 0 saturated carbocycles. The van der Waals surface area contributed by atoms with E-state index in [9.17, 15) is 9.18 Å². The van der Waals surface area contributed by atoms with Crippen LogP contribution in [0.1, 0.15) is 10.5 Å². The zero-order valence-electron chi connectivity index (χ0n) is 6.85. The van der Waals surface area contributed by atoms with Crippen molar-refractivity contribution in [1.29, 1.82) is 0 Å². The van der Waals surface area contributed by atoms with Crippen molar-refractivity contribution < 1.29 is 9.18 Å². The highest BCUT2D eigenvalue weighted by Gasteiger charge is 2.31. The molecule has 68 valence electrons. The maximum atomic E-state index is 12.4. The molecule has 0 bridgehead atoms. The Labute approximate surface area is 74.4 Å². The van der Waals surface area contributed by atoms with E-state index in [-0.39, 0.29) is 24.7 Å². The third kappa shape index (κ3) is 1.49. The second-order valence-corrected chi connectivity index (χ2v) is 2.90. The van der Waals surface area contributed by atoms with Crippen molar-refractivity contribution in [3.8, 4) is 0 Å². The lowest BCUT2D eigenvalue weighted by Gasteiger charge is -2.33. The van der Waals surface area contributed by atoms with Crippen LogP contribution in [-0.2, 0) is 0 Å². The summed E-state index contributed by atoms with van der Waals surface area (Å²) in [5, 5.41) is 0. The second-order valence-electron chi connectivity index (χ2n) is 2.90. The van der Waals surface area contributed by atoms with Gasteiger partial charge in [0.1, 0.15) is 11.9 Å². The first-order valence-corrected chi connectivity index (χ1v) is 3.97. The number of likely N-dealkylation sites (tertiary alicyclic amines) is 1. The fourth-order valence-corrected chi connectivity index (χ4v) is 1.16. The Balaban J connectivity index is 2.06. The fraction of sp³-hybridized carbons (Fsp3) is 0.375. The third-order valence-electron chi connectivity index (χ3n) is 1.91. The van der Waals surface area contributed by atoms with E-state index in [1.54, 1.807) is 0 Å². The number of carbonyl (C=O) groups excluding carboxylic acids is 1. The van der Waals surface area contributed by atoms with Gasteiger partial charge in [-0.15, -0.1) is 0 Å². The van der Waals surface area contributed by atoms with Gasteiger partial charge in [-0.2, -0.15) is 0 Å². The standard InChI is InChI=1S/C8H8FN3O/c9-6-4-12(5-6)8(13)7-3-10-1-2-11-7/h1-3,6H,4-5H2. The fourth-order valence-electron chi connectivity index (χ4n) is 1.16. The summed E-state index contributed by atoms with van der Waals surface area (Å²) >= 11 is 0. The van der Waals surface area contributed by atoms with E-state index in [0.717, 1.165) is 0 Å². The predicted molar refractivity (Wildman–Crippen MR) is 42.8 cm³/mol. The first-order chi connectivity index (χ1) is 6.27. The highest BCUT2D eigenvalue weighted by atomic mass is 19.1. The van der Waals surface area contributed by atoms with Crippen molar-refractivity contribution >= 4 is 5.91 Å². The van der Waals surface area contributed by atoms with Crippen LogP contribution in [0.3, 0.4) is 0 Å². The van der Waals surface area contributed by atoms with E-state index in [1.807, 2.05) is 0 Å². The van der Waals surface area contributed by atoms with Gasteiger partial charge in [0.15, 0.2) is 0 Å². The van der Waals surface area contributed by atoms with Crippen LogP contribution in [0.25, 0.3) is 0 Å². The van der Waals surface area contributed by atoms with Crippen LogP contribution in [0.5, 0.6) is 0 Å². The minimum absolute atomic E-state index is 0.176. The summed E-state index contributed by atoms with van der Waals surface area (Å²) in [6, 6.07) is 0. The Morgan fingerprint density at radius 3 is 2.85 bits per heavy atom. The molecule has 0 radical (unpaired) electrons. The van der Waals surface area contributed by atoms with Gasteiger partial charge in [0.25, 0.3) is 5.91 Å². The molecule has 13 heavy (non-hydrogen) atoms. The van der Waals surface area contributed by atoms with Gasteiger partial charge < -0.3 is 4.90 Å². The Morgan fingerprint density at radius 2 is 2.31 bits per heavy atom. The second kappa shape index (κ2) is 3.08. The molecule has 0 atom stereocenters. The molecule has 4 nitrogen and oxygen atoms in total. The molecule has 5 heteroatoms. The number of nitrogens with zero attached hydrogens (tertiary/aromatic N) is 3. The molecule has 0 aliphatic carbocycles. The highest BCUT2D eigenvalue weighted by molar-refractivity contribution is 5.92. The molecule has 0 spiro atoms. The molecule has 0 aromatic carbocycles. The maximum absolute atomic E-state index is 12.4. The minimum Gasteiger partial charge on any atom is -0.331 e. The van der Waals surface area contributed by atoms with Crippen molar-refractivity contribution in [2.45, 2.75) is 6.17 Å². The summed E-state index contributed by atoms with van der Waals surface area (Å²) in [6.45, 7) is 0.352. The summed E-state index contributed by atoms with van der Waals surface area (Å²) < 4.78 is 12.4. The quantitative estimate of drug-likeness (QED) is 0.624. The smallest absolute Gasteiger partial charge is 0.274 e. The van der Waals surface area contributed by atoms with Gasteiger partial charge in [-0.25, -0.2) is 9.37 Å². The molecule has 2 heterocycles. The van der Waals surface area contributed by atoms with E-state index in [0.29, 0.717) is 0 Å². The van der Waals surface area contributed by atoms with E-state index < -0.39 is 6.17 Å². The molecule has 1 aromatic heterocycles. The lowest BCUT2D eigenvalue weighted by molar-refractivity contribution is 0.0394. The minimum atomic E-state index is -0.874. The first-order valence-electron chi connectivity index (χ1n) is 3.97. The van der Waals surface area contributed by atoms with Crippen LogP contribution in [0.2, 0.25) is 0 Å². The average Bonchev–Trinajstić information content (AvgIpc) is 2.13. The Hall–Kier alpha value is -1.52. The van der Waals surface area contributed by atoms with Crippen molar-refractivity contribution in [2.75, 3.05) is 13.1 Å². The third-order valence-corrected chi connectivity index (χ3v) is 1.91. The van der Waals surface area contributed by atoms with Crippen molar-refractivity contribution in [3.63, 3.8) is 0 Å². The maximum Gasteiger partial charge on any atom is 0.274 e. The largest absolute Gasteiger partial charge is 0.331 e. The summed E-state index contributed by atoms with van der Waals surface area (Å²) in [6.07, 6.45) is 3.44. The number of aromatic nitrogens is 2. The number of hydrogen-bond acceptors (Lipinski definition) is 3. The lowest BCUT2D eigenvalue weighted by atomic mass is 10.2. The normalized spacial score (nSPS) is 16.8. The molecule has 0 unspecified atom stereocenters.